The molecule has 0 bridgehead atoms. The molecule has 33 heavy (non-hydrogen) atoms. The Bertz CT molecular complexity index is 781. The van der Waals surface area contributed by atoms with E-state index in [4.69, 9.17) is 0 Å². The summed E-state index contributed by atoms with van der Waals surface area (Å²) in [5.41, 5.74) is 4.55. The normalized spacial score (nSPS) is 11.8. The van der Waals surface area contributed by atoms with Crippen LogP contribution in [0, 0.1) is 14.9 Å². The summed E-state index contributed by atoms with van der Waals surface area (Å²) in [6.45, 7) is 25.6. The predicted molar refractivity (Wildman–Crippen MR) is 144 cm³/mol. The summed E-state index contributed by atoms with van der Waals surface area (Å²) >= 11 is 0. The van der Waals surface area contributed by atoms with E-state index in [-0.39, 0.29) is 58.2 Å². The molecule has 0 spiro atoms. The molecule has 0 amide bonds. The van der Waals surface area contributed by atoms with Crippen LogP contribution in [-0.2, 0) is 43.4 Å². The molecule has 2 aromatic rings. The molecule has 0 saturated heterocycles. The van der Waals surface area contributed by atoms with E-state index in [1.54, 1.807) is 0 Å². The van der Waals surface area contributed by atoms with E-state index in [9.17, 15) is 10.2 Å². The first kappa shape index (κ1) is 36.3. The molecule has 2 nitrogen and oxygen atoms in total. The van der Waals surface area contributed by atoms with Gasteiger partial charge in [0.25, 0.3) is 0 Å². The van der Waals surface area contributed by atoms with Crippen molar-refractivity contribution in [1.82, 2.24) is 0 Å². The molecule has 0 unspecified atom stereocenters. The number of phenols is 2. The van der Waals surface area contributed by atoms with Crippen LogP contribution < -0.4 is 0 Å². The summed E-state index contributed by atoms with van der Waals surface area (Å²) in [5, 5.41) is 20.0. The van der Waals surface area contributed by atoms with E-state index in [2.05, 4.69) is 95.2 Å². The van der Waals surface area contributed by atoms with Crippen molar-refractivity contribution in [3.63, 3.8) is 0 Å². The Labute approximate surface area is 221 Å². The molecular formula is C30H50O2Ti. The average Bonchev–Trinajstić information content (AvgIpc) is 2.51. The summed E-state index contributed by atoms with van der Waals surface area (Å²) in [7, 11) is 0. The average molecular weight is 491 g/mol. The van der Waals surface area contributed by atoms with E-state index in [1.807, 2.05) is 24.3 Å². The van der Waals surface area contributed by atoms with Crippen molar-refractivity contribution in [2.45, 2.75) is 105 Å². The number of aromatic hydroxyl groups is 2. The van der Waals surface area contributed by atoms with Crippen LogP contribution in [0.4, 0.5) is 0 Å². The van der Waals surface area contributed by atoms with Crippen LogP contribution in [-0.4, -0.2) is 10.2 Å². The van der Waals surface area contributed by atoms with Gasteiger partial charge >= 0.3 is 21.7 Å². The van der Waals surface area contributed by atoms with E-state index in [0.717, 1.165) is 11.1 Å². The second-order valence-corrected chi connectivity index (χ2v) is 12.5. The van der Waals surface area contributed by atoms with Crippen LogP contribution >= 0.6 is 0 Å². The van der Waals surface area contributed by atoms with Gasteiger partial charge in [-0.15, -0.1) is 0 Å². The first-order valence-corrected chi connectivity index (χ1v) is 10.9. The fraction of sp³-hybridized carbons (Fsp3) is 0.533. The summed E-state index contributed by atoms with van der Waals surface area (Å²) in [5.74, 6) is 0.824. The maximum absolute atomic E-state index is 9.99. The van der Waals surface area contributed by atoms with Crippen LogP contribution in [0.15, 0.2) is 36.4 Å². The van der Waals surface area contributed by atoms with Gasteiger partial charge in [-0.1, -0.05) is 107 Å². The second kappa shape index (κ2) is 12.5. The maximum atomic E-state index is 9.99. The van der Waals surface area contributed by atoms with E-state index in [0.29, 0.717) is 11.5 Å². The Balaban J connectivity index is -0.000000500. The standard InChI is InChI=1S/2C14H22O.2CH3.Ti/c2*1-13(2,3)10-7-8-11(12(15)9-10)14(4,5)6;;;/h2*7-9,15H,1-6H3;2*1H3;/q;;2*-1;+2. The number of phenolic OH excluding ortho intramolecular Hbond substituents is 2. The fourth-order valence-corrected chi connectivity index (χ4v) is 3.26. The molecule has 0 radical (unpaired) electrons. The Morgan fingerprint density at radius 1 is 0.455 bits per heavy atom. The third-order valence-corrected chi connectivity index (χ3v) is 5.34. The molecule has 0 heterocycles. The molecule has 2 aromatic carbocycles. The third kappa shape index (κ3) is 10.7. The van der Waals surface area contributed by atoms with Crippen molar-refractivity contribution in [2.24, 2.45) is 0 Å². The van der Waals surface area contributed by atoms with Crippen LogP contribution in [0.5, 0.6) is 11.5 Å². The predicted octanol–water partition coefficient (Wildman–Crippen LogP) is 8.87. The van der Waals surface area contributed by atoms with Crippen molar-refractivity contribution in [3.05, 3.63) is 73.5 Å². The summed E-state index contributed by atoms with van der Waals surface area (Å²) < 4.78 is 0. The van der Waals surface area contributed by atoms with Crippen LogP contribution in [0.1, 0.15) is 105 Å². The molecule has 0 aliphatic heterocycles. The van der Waals surface area contributed by atoms with Gasteiger partial charge in [0.2, 0.25) is 0 Å². The third-order valence-electron chi connectivity index (χ3n) is 5.34. The zero-order valence-electron chi connectivity index (χ0n) is 23.9. The molecule has 3 heteroatoms. The number of hydrogen-bond acceptors (Lipinski definition) is 2. The minimum absolute atomic E-state index is 0. The largest absolute Gasteiger partial charge is 2.00 e. The van der Waals surface area contributed by atoms with Gasteiger partial charge in [0, 0.05) is 0 Å². The van der Waals surface area contributed by atoms with Gasteiger partial charge in [0.1, 0.15) is 11.5 Å². The van der Waals surface area contributed by atoms with E-state index < -0.39 is 0 Å². The fourth-order valence-electron chi connectivity index (χ4n) is 3.26. The molecule has 0 aliphatic carbocycles. The van der Waals surface area contributed by atoms with Gasteiger partial charge in [-0.25, -0.2) is 0 Å². The van der Waals surface area contributed by atoms with Crippen molar-refractivity contribution in [2.75, 3.05) is 0 Å². The Kier molecular flexibility index (Phi) is 13.7. The molecule has 186 valence electrons. The van der Waals surface area contributed by atoms with Crippen molar-refractivity contribution >= 4 is 0 Å². The van der Waals surface area contributed by atoms with Crippen molar-refractivity contribution in [1.29, 1.82) is 0 Å². The Morgan fingerprint density at radius 2 is 0.697 bits per heavy atom. The molecule has 0 aromatic heterocycles. The van der Waals surface area contributed by atoms with E-state index in [1.165, 1.54) is 11.1 Å². The number of hydrogen-bond donors (Lipinski definition) is 2. The smallest absolute Gasteiger partial charge is 0.508 e. The summed E-state index contributed by atoms with van der Waals surface area (Å²) in [6.07, 6.45) is 0. The van der Waals surface area contributed by atoms with E-state index >= 15 is 0 Å². The van der Waals surface area contributed by atoms with Crippen LogP contribution in [0.3, 0.4) is 0 Å². The number of rotatable bonds is 0. The summed E-state index contributed by atoms with van der Waals surface area (Å²) in [6, 6.07) is 12.1. The quantitative estimate of drug-likeness (QED) is 0.286. The first-order valence-electron chi connectivity index (χ1n) is 10.9. The van der Waals surface area contributed by atoms with Gasteiger partial charge in [-0.2, -0.15) is 0 Å². The summed E-state index contributed by atoms with van der Waals surface area (Å²) in [4.78, 5) is 0. The first-order chi connectivity index (χ1) is 13.2. The molecule has 0 saturated carbocycles. The zero-order valence-corrected chi connectivity index (χ0v) is 25.4. The molecule has 0 aliphatic rings. The SMILES string of the molecule is CC(C)(C)c1ccc(C(C)(C)C)c(O)c1.CC(C)(C)c1ccc(C(C)(C)C)c(O)c1.[CH3-].[CH3-].[Ti+2]. The van der Waals surface area contributed by atoms with Gasteiger partial charge in [-0.3, -0.25) is 0 Å². The van der Waals surface area contributed by atoms with Crippen molar-refractivity contribution < 1.29 is 31.9 Å². The topological polar surface area (TPSA) is 40.5 Å². The van der Waals surface area contributed by atoms with Gasteiger partial charge in [-0.05, 0) is 56.0 Å². The Morgan fingerprint density at radius 3 is 0.848 bits per heavy atom. The maximum Gasteiger partial charge on any atom is 2.00 e. The molecule has 0 atom stereocenters. The molecule has 2 N–H and O–H groups in total. The molecular weight excluding hydrogens is 440 g/mol. The molecule has 2 rings (SSSR count). The number of benzene rings is 2. The van der Waals surface area contributed by atoms with Crippen LogP contribution in [0.2, 0.25) is 0 Å². The zero-order chi connectivity index (χ0) is 23.7. The van der Waals surface area contributed by atoms with Gasteiger partial charge in [0.05, 0.1) is 0 Å². The van der Waals surface area contributed by atoms with Gasteiger partial charge < -0.3 is 25.1 Å². The second-order valence-electron chi connectivity index (χ2n) is 12.5. The van der Waals surface area contributed by atoms with Crippen LogP contribution in [0.25, 0.3) is 0 Å². The minimum atomic E-state index is 0. The monoisotopic (exact) mass is 490 g/mol. The van der Waals surface area contributed by atoms with Gasteiger partial charge in [0.15, 0.2) is 0 Å². The Hall–Kier alpha value is -1.25. The van der Waals surface area contributed by atoms with Crippen molar-refractivity contribution in [3.8, 4) is 11.5 Å². The minimum Gasteiger partial charge on any atom is -0.508 e. The molecule has 0 fully saturated rings.